The van der Waals surface area contributed by atoms with Gasteiger partial charge in [0.1, 0.15) is 17.2 Å². The van der Waals surface area contributed by atoms with Gasteiger partial charge in [-0.2, -0.15) is 0 Å². The maximum absolute atomic E-state index is 15.3. The van der Waals surface area contributed by atoms with Gasteiger partial charge >= 0.3 is 5.97 Å². The number of carbonyl (C=O) groups is 1. The number of pyridine rings is 2. The molecule has 1 aliphatic heterocycles. The number of hydrogen-bond donors (Lipinski definition) is 1. The molecule has 0 radical (unpaired) electrons. The van der Waals surface area contributed by atoms with Crippen molar-refractivity contribution in [3.05, 3.63) is 63.8 Å². The van der Waals surface area contributed by atoms with Crippen molar-refractivity contribution in [2.45, 2.75) is 25.3 Å². The van der Waals surface area contributed by atoms with Gasteiger partial charge in [-0.1, -0.05) is 6.07 Å². The standard InChI is InChI=1S/C23H21F3N4O3/c24-16-11-14-19(30(13-4-5-13)12-15(21(14)31)23(32)33)18(22(25)26)20(16)29-9-7-28(8-10-29)17-3-1-2-6-27-17/h1-3,6,11-13,22H,4-5,7-10H2,(H,32,33). The number of nitrogens with zero attached hydrogens (tertiary/aromatic N) is 4. The molecular formula is C23H21F3N4O3. The molecule has 1 saturated carbocycles. The lowest BCUT2D eigenvalue weighted by molar-refractivity contribution is 0.0695. The first kappa shape index (κ1) is 21.3. The number of carboxylic acid groups (broad SMARTS) is 1. The van der Waals surface area contributed by atoms with Crippen LogP contribution in [0.25, 0.3) is 10.9 Å². The van der Waals surface area contributed by atoms with E-state index in [0.717, 1.165) is 18.1 Å². The molecular weight excluding hydrogens is 437 g/mol. The summed E-state index contributed by atoms with van der Waals surface area (Å²) >= 11 is 0. The van der Waals surface area contributed by atoms with E-state index in [1.165, 1.54) is 4.57 Å². The van der Waals surface area contributed by atoms with E-state index in [1.807, 2.05) is 17.0 Å². The molecule has 0 amide bonds. The molecule has 3 aromatic rings. The predicted molar refractivity (Wildman–Crippen MR) is 117 cm³/mol. The van der Waals surface area contributed by atoms with E-state index in [1.54, 1.807) is 17.2 Å². The molecule has 33 heavy (non-hydrogen) atoms. The lowest BCUT2D eigenvalue weighted by atomic mass is 10.0. The number of fused-ring (bicyclic) bond motifs is 1. The van der Waals surface area contributed by atoms with Gasteiger partial charge in [-0.3, -0.25) is 4.79 Å². The Labute approximate surface area is 186 Å². The number of aromatic nitrogens is 2. The van der Waals surface area contributed by atoms with Crippen molar-refractivity contribution in [3.8, 4) is 0 Å². The molecule has 3 heterocycles. The number of benzene rings is 1. The summed E-state index contributed by atoms with van der Waals surface area (Å²) in [7, 11) is 0. The summed E-state index contributed by atoms with van der Waals surface area (Å²) in [5, 5.41) is 9.08. The summed E-state index contributed by atoms with van der Waals surface area (Å²) in [5.74, 6) is -1.66. The Balaban J connectivity index is 1.63. The van der Waals surface area contributed by atoms with Crippen LogP contribution >= 0.6 is 0 Å². The van der Waals surface area contributed by atoms with Crippen LogP contribution in [-0.4, -0.2) is 46.8 Å². The fraction of sp³-hybridized carbons (Fsp3) is 0.348. The summed E-state index contributed by atoms with van der Waals surface area (Å²) in [6.45, 7) is 1.51. The average molecular weight is 458 g/mol. The molecule has 0 unspecified atom stereocenters. The van der Waals surface area contributed by atoms with Crippen LogP contribution in [-0.2, 0) is 0 Å². The third-order valence-corrected chi connectivity index (χ3v) is 6.24. The van der Waals surface area contributed by atoms with Gasteiger partial charge in [0.25, 0.3) is 6.43 Å². The van der Waals surface area contributed by atoms with Gasteiger partial charge in [-0.25, -0.2) is 22.9 Å². The van der Waals surface area contributed by atoms with Crippen LogP contribution in [0, 0.1) is 5.82 Å². The minimum Gasteiger partial charge on any atom is -0.477 e. The third-order valence-electron chi connectivity index (χ3n) is 6.24. The first-order valence-electron chi connectivity index (χ1n) is 10.7. The highest BCUT2D eigenvalue weighted by Gasteiger charge is 2.34. The maximum atomic E-state index is 15.3. The zero-order chi connectivity index (χ0) is 23.3. The predicted octanol–water partition coefficient (Wildman–Crippen LogP) is 3.83. The van der Waals surface area contributed by atoms with Crippen LogP contribution in [0.5, 0.6) is 0 Å². The smallest absolute Gasteiger partial charge is 0.341 e. The van der Waals surface area contributed by atoms with E-state index in [4.69, 9.17) is 0 Å². The van der Waals surface area contributed by atoms with Gasteiger partial charge in [0.05, 0.1) is 22.2 Å². The second-order valence-electron chi connectivity index (χ2n) is 8.30. The molecule has 1 N–H and O–H groups in total. The monoisotopic (exact) mass is 458 g/mol. The number of halogens is 3. The van der Waals surface area contributed by atoms with Crippen molar-refractivity contribution in [2.24, 2.45) is 0 Å². The number of piperazine rings is 1. The second-order valence-corrected chi connectivity index (χ2v) is 8.30. The topological polar surface area (TPSA) is 78.7 Å². The Morgan fingerprint density at radius 1 is 1.12 bits per heavy atom. The lowest BCUT2D eigenvalue weighted by Crippen LogP contribution is -2.47. The fourth-order valence-electron chi connectivity index (χ4n) is 4.53. The Kier molecular flexibility index (Phi) is 5.22. The molecule has 2 aliphatic rings. The highest BCUT2D eigenvalue weighted by atomic mass is 19.3. The number of alkyl halides is 2. The van der Waals surface area contributed by atoms with Gasteiger partial charge in [-0.05, 0) is 31.0 Å². The molecule has 10 heteroatoms. The van der Waals surface area contributed by atoms with E-state index < -0.39 is 34.8 Å². The van der Waals surface area contributed by atoms with Crippen LogP contribution < -0.4 is 15.2 Å². The van der Waals surface area contributed by atoms with Gasteiger partial charge in [0.2, 0.25) is 5.43 Å². The summed E-state index contributed by atoms with van der Waals surface area (Å²) < 4.78 is 45.6. The zero-order valence-electron chi connectivity index (χ0n) is 17.5. The molecule has 2 fully saturated rings. The molecule has 1 aliphatic carbocycles. The molecule has 2 aromatic heterocycles. The molecule has 0 atom stereocenters. The van der Waals surface area contributed by atoms with Crippen LogP contribution in [0.2, 0.25) is 0 Å². The SMILES string of the molecule is O=C(O)c1cn(C2CC2)c2c(C(F)F)c(N3CCN(c4ccccn4)CC3)c(F)cc2c1=O. The van der Waals surface area contributed by atoms with Crippen LogP contribution in [0.15, 0.2) is 41.5 Å². The molecule has 1 aromatic carbocycles. The van der Waals surface area contributed by atoms with E-state index in [9.17, 15) is 23.5 Å². The minimum atomic E-state index is -3.05. The molecule has 7 nitrogen and oxygen atoms in total. The van der Waals surface area contributed by atoms with Crippen LogP contribution in [0.1, 0.15) is 41.2 Å². The number of aromatic carboxylic acids is 1. The summed E-state index contributed by atoms with van der Waals surface area (Å²) in [6, 6.07) is 6.23. The van der Waals surface area contributed by atoms with Crippen LogP contribution in [0.3, 0.4) is 0 Å². The Bertz CT molecular complexity index is 1280. The maximum Gasteiger partial charge on any atom is 0.341 e. The quantitative estimate of drug-likeness (QED) is 0.626. The van der Waals surface area contributed by atoms with E-state index in [-0.39, 0.29) is 22.6 Å². The molecule has 0 spiro atoms. The van der Waals surface area contributed by atoms with Gasteiger partial charge in [0, 0.05) is 44.6 Å². The number of hydrogen-bond acceptors (Lipinski definition) is 5. The molecule has 0 bridgehead atoms. The van der Waals surface area contributed by atoms with Crippen molar-refractivity contribution >= 4 is 28.4 Å². The van der Waals surface area contributed by atoms with Gasteiger partial charge < -0.3 is 19.5 Å². The number of anilines is 2. The van der Waals surface area contributed by atoms with Crippen molar-refractivity contribution < 1.29 is 23.1 Å². The Hall–Kier alpha value is -3.56. The molecule has 5 rings (SSSR count). The number of carboxylic acids is 1. The van der Waals surface area contributed by atoms with Gasteiger partial charge in [0.15, 0.2) is 0 Å². The zero-order valence-corrected chi connectivity index (χ0v) is 17.5. The second kappa shape index (κ2) is 8.09. The van der Waals surface area contributed by atoms with Crippen LogP contribution in [0.4, 0.5) is 24.7 Å². The van der Waals surface area contributed by atoms with Crippen molar-refractivity contribution in [1.29, 1.82) is 0 Å². The lowest BCUT2D eigenvalue weighted by Gasteiger charge is -2.38. The van der Waals surface area contributed by atoms with E-state index in [2.05, 4.69) is 4.98 Å². The first-order chi connectivity index (χ1) is 15.9. The number of rotatable bonds is 5. The molecule has 172 valence electrons. The van der Waals surface area contributed by atoms with E-state index in [0.29, 0.717) is 39.0 Å². The summed E-state index contributed by atoms with van der Waals surface area (Å²) in [4.78, 5) is 32.2. The highest BCUT2D eigenvalue weighted by Crippen LogP contribution is 2.43. The Morgan fingerprint density at radius 3 is 2.39 bits per heavy atom. The van der Waals surface area contributed by atoms with Crippen molar-refractivity contribution in [3.63, 3.8) is 0 Å². The summed E-state index contributed by atoms with van der Waals surface area (Å²) in [5.41, 5.74) is -2.37. The first-order valence-corrected chi connectivity index (χ1v) is 10.7. The highest BCUT2D eigenvalue weighted by molar-refractivity contribution is 5.95. The van der Waals surface area contributed by atoms with E-state index >= 15 is 4.39 Å². The fourth-order valence-corrected chi connectivity index (χ4v) is 4.53. The minimum absolute atomic E-state index is 0.0777. The third kappa shape index (κ3) is 3.69. The largest absolute Gasteiger partial charge is 0.477 e. The van der Waals surface area contributed by atoms with Crippen molar-refractivity contribution in [2.75, 3.05) is 36.0 Å². The average Bonchev–Trinajstić information content (AvgIpc) is 3.65. The molecule has 1 saturated heterocycles. The van der Waals surface area contributed by atoms with Crippen molar-refractivity contribution in [1.82, 2.24) is 9.55 Å². The van der Waals surface area contributed by atoms with Gasteiger partial charge in [-0.15, -0.1) is 0 Å². The Morgan fingerprint density at radius 2 is 1.82 bits per heavy atom. The summed E-state index contributed by atoms with van der Waals surface area (Å²) in [6.07, 6.45) is 1.09. The normalized spacial score (nSPS) is 16.6.